The van der Waals surface area contributed by atoms with Crippen molar-refractivity contribution < 1.29 is 0 Å². The second-order valence-corrected chi connectivity index (χ2v) is 3.99. The zero-order chi connectivity index (χ0) is 11.3. The van der Waals surface area contributed by atoms with Crippen molar-refractivity contribution in [3.8, 4) is 6.07 Å². The van der Waals surface area contributed by atoms with Gasteiger partial charge in [0.05, 0.1) is 6.07 Å². The van der Waals surface area contributed by atoms with E-state index in [1.165, 1.54) is 0 Å². The van der Waals surface area contributed by atoms with Crippen molar-refractivity contribution in [3.05, 3.63) is 34.3 Å². The molecule has 15 heavy (non-hydrogen) atoms. The van der Waals surface area contributed by atoms with Gasteiger partial charge in [0.15, 0.2) is 0 Å². The second kappa shape index (κ2) is 5.75. The predicted octanol–water partition coefficient (Wildman–Crippen LogP) is 3.21. The number of nitrogens with zero attached hydrogens (tertiary/aromatic N) is 1. The molecule has 0 aromatic heterocycles. The maximum atomic E-state index is 8.81. The van der Waals surface area contributed by atoms with E-state index >= 15 is 0 Å². The molecule has 0 fully saturated rings. The maximum Gasteiger partial charge on any atom is 0.119 e. The number of unbranched alkanes of at least 4 members (excludes halogenated alkanes) is 1. The summed E-state index contributed by atoms with van der Waals surface area (Å²) in [5, 5.41) is 9.45. The molecule has 0 aliphatic heterocycles. The first kappa shape index (κ1) is 12.0. The van der Waals surface area contributed by atoms with Gasteiger partial charge in [-0.25, -0.2) is 0 Å². The number of nitriles is 1. The van der Waals surface area contributed by atoms with E-state index in [9.17, 15) is 0 Å². The van der Waals surface area contributed by atoms with Gasteiger partial charge in [0.2, 0.25) is 0 Å². The molecular weight excluding hydrogens is 208 g/mol. The van der Waals surface area contributed by atoms with E-state index in [1.807, 2.05) is 18.2 Å². The molecule has 1 aromatic rings. The molecule has 0 saturated heterocycles. The predicted molar refractivity (Wildman–Crippen MR) is 62.6 cm³/mol. The average molecular weight is 223 g/mol. The van der Waals surface area contributed by atoms with Crippen LogP contribution < -0.4 is 5.73 Å². The molecule has 2 nitrogen and oxygen atoms in total. The number of nitrogens with two attached hydrogens (primary N) is 1. The van der Waals surface area contributed by atoms with Crippen molar-refractivity contribution in [1.29, 1.82) is 5.26 Å². The minimum Gasteiger partial charge on any atom is -0.312 e. The van der Waals surface area contributed by atoms with Crippen molar-refractivity contribution >= 4 is 11.6 Å². The standard InChI is InChI=1S/C12H15ClN2/c1-2-3-4-9-5-6-10(13)7-11(9)12(15)8-14/h5-7,12H,2-4,15H2,1H3. The van der Waals surface area contributed by atoms with E-state index in [-0.39, 0.29) is 0 Å². The van der Waals surface area contributed by atoms with Gasteiger partial charge in [0.1, 0.15) is 6.04 Å². The molecule has 2 N–H and O–H groups in total. The Bertz CT molecular complexity index is 368. The van der Waals surface area contributed by atoms with Crippen molar-refractivity contribution in [2.45, 2.75) is 32.2 Å². The number of hydrogen-bond donors (Lipinski definition) is 1. The number of halogens is 1. The van der Waals surface area contributed by atoms with Crippen LogP contribution in [-0.2, 0) is 6.42 Å². The van der Waals surface area contributed by atoms with Gasteiger partial charge in [-0.15, -0.1) is 0 Å². The largest absolute Gasteiger partial charge is 0.312 e. The van der Waals surface area contributed by atoms with Crippen LogP contribution in [0, 0.1) is 11.3 Å². The Morgan fingerprint density at radius 1 is 1.53 bits per heavy atom. The minimum atomic E-state index is -0.574. The highest BCUT2D eigenvalue weighted by Gasteiger charge is 2.10. The third-order valence-corrected chi connectivity index (χ3v) is 2.62. The fraction of sp³-hybridized carbons (Fsp3) is 0.417. The van der Waals surface area contributed by atoms with E-state index in [0.29, 0.717) is 5.02 Å². The summed E-state index contributed by atoms with van der Waals surface area (Å²) in [6.45, 7) is 2.14. The van der Waals surface area contributed by atoms with E-state index in [1.54, 1.807) is 6.07 Å². The van der Waals surface area contributed by atoms with Crippen LogP contribution in [0.2, 0.25) is 5.02 Å². The molecule has 1 unspecified atom stereocenters. The highest BCUT2D eigenvalue weighted by Crippen LogP contribution is 2.22. The Hall–Kier alpha value is -1.04. The van der Waals surface area contributed by atoms with Crippen LogP contribution in [-0.4, -0.2) is 0 Å². The van der Waals surface area contributed by atoms with Crippen LogP contribution in [0.25, 0.3) is 0 Å². The molecule has 1 atom stereocenters. The molecule has 3 heteroatoms. The molecule has 1 aromatic carbocycles. The van der Waals surface area contributed by atoms with E-state index in [2.05, 4.69) is 6.92 Å². The van der Waals surface area contributed by atoms with Crippen LogP contribution in [0.3, 0.4) is 0 Å². The van der Waals surface area contributed by atoms with Crippen LogP contribution >= 0.6 is 11.6 Å². The number of hydrogen-bond acceptors (Lipinski definition) is 2. The quantitative estimate of drug-likeness (QED) is 0.851. The molecule has 0 radical (unpaired) electrons. The highest BCUT2D eigenvalue weighted by molar-refractivity contribution is 6.30. The number of rotatable bonds is 4. The topological polar surface area (TPSA) is 49.8 Å². The monoisotopic (exact) mass is 222 g/mol. The lowest BCUT2D eigenvalue weighted by molar-refractivity contribution is 0.777. The fourth-order valence-electron chi connectivity index (χ4n) is 1.52. The average Bonchev–Trinajstić information content (AvgIpc) is 2.26. The zero-order valence-corrected chi connectivity index (χ0v) is 9.59. The van der Waals surface area contributed by atoms with Crippen LogP contribution in [0.15, 0.2) is 18.2 Å². The smallest absolute Gasteiger partial charge is 0.119 e. The van der Waals surface area contributed by atoms with Gasteiger partial charge < -0.3 is 5.73 Å². The summed E-state index contributed by atoms with van der Waals surface area (Å²) in [6.07, 6.45) is 3.19. The van der Waals surface area contributed by atoms with Gasteiger partial charge in [-0.05, 0) is 36.1 Å². The van der Waals surface area contributed by atoms with Crippen molar-refractivity contribution in [3.63, 3.8) is 0 Å². The Kier molecular flexibility index (Phi) is 4.61. The fourth-order valence-corrected chi connectivity index (χ4v) is 1.70. The molecule has 0 amide bonds. The Morgan fingerprint density at radius 3 is 2.87 bits per heavy atom. The molecule has 0 spiro atoms. The third-order valence-electron chi connectivity index (χ3n) is 2.38. The summed E-state index contributed by atoms with van der Waals surface area (Å²) in [4.78, 5) is 0. The first-order valence-electron chi connectivity index (χ1n) is 5.12. The lowest BCUT2D eigenvalue weighted by Gasteiger charge is -2.11. The summed E-state index contributed by atoms with van der Waals surface area (Å²) < 4.78 is 0. The molecule has 0 heterocycles. The van der Waals surface area contributed by atoms with E-state index < -0.39 is 6.04 Å². The summed E-state index contributed by atoms with van der Waals surface area (Å²) in [5.41, 5.74) is 7.71. The van der Waals surface area contributed by atoms with Gasteiger partial charge in [0, 0.05) is 5.02 Å². The summed E-state index contributed by atoms with van der Waals surface area (Å²) in [6, 6.07) is 7.07. The van der Waals surface area contributed by atoms with Gasteiger partial charge in [0.25, 0.3) is 0 Å². The Labute approximate surface area is 95.7 Å². The maximum absolute atomic E-state index is 8.81. The van der Waals surface area contributed by atoms with E-state index in [4.69, 9.17) is 22.6 Å². The molecule has 0 saturated carbocycles. The van der Waals surface area contributed by atoms with Crippen LogP contribution in [0.1, 0.15) is 36.9 Å². The summed E-state index contributed by atoms with van der Waals surface area (Å²) >= 11 is 5.89. The Balaban J connectivity index is 2.98. The molecule has 0 bridgehead atoms. The van der Waals surface area contributed by atoms with Gasteiger partial charge >= 0.3 is 0 Å². The normalized spacial score (nSPS) is 12.1. The molecular formula is C12H15ClN2. The number of benzene rings is 1. The van der Waals surface area contributed by atoms with Crippen LogP contribution in [0.4, 0.5) is 0 Å². The minimum absolute atomic E-state index is 0.574. The van der Waals surface area contributed by atoms with Gasteiger partial charge in [-0.3, -0.25) is 0 Å². The van der Waals surface area contributed by atoms with Crippen molar-refractivity contribution in [2.24, 2.45) is 5.73 Å². The van der Waals surface area contributed by atoms with Gasteiger partial charge in [-0.2, -0.15) is 5.26 Å². The van der Waals surface area contributed by atoms with E-state index in [0.717, 1.165) is 30.4 Å². The van der Waals surface area contributed by atoms with Crippen molar-refractivity contribution in [1.82, 2.24) is 0 Å². The summed E-state index contributed by atoms with van der Waals surface area (Å²) in [5.74, 6) is 0. The Morgan fingerprint density at radius 2 is 2.27 bits per heavy atom. The molecule has 0 aliphatic rings. The molecule has 1 rings (SSSR count). The molecule has 0 aliphatic carbocycles. The third kappa shape index (κ3) is 3.23. The lowest BCUT2D eigenvalue weighted by atomic mass is 9.98. The first-order valence-corrected chi connectivity index (χ1v) is 5.50. The molecule has 80 valence electrons. The van der Waals surface area contributed by atoms with Gasteiger partial charge in [-0.1, -0.05) is 31.0 Å². The first-order chi connectivity index (χ1) is 7.19. The zero-order valence-electron chi connectivity index (χ0n) is 8.83. The number of aryl methyl sites for hydroxylation is 1. The van der Waals surface area contributed by atoms with Crippen LogP contribution in [0.5, 0.6) is 0 Å². The SMILES string of the molecule is CCCCc1ccc(Cl)cc1C(N)C#N. The second-order valence-electron chi connectivity index (χ2n) is 3.55. The van der Waals surface area contributed by atoms with Crippen molar-refractivity contribution in [2.75, 3.05) is 0 Å². The lowest BCUT2D eigenvalue weighted by Crippen LogP contribution is -2.10. The summed E-state index contributed by atoms with van der Waals surface area (Å²) in [7, 11) is 0. The highest BCUT2D eigenvalue weighted by atomic mass is 35.5.